The molecule has 4 saturated carbocycles. The van der Waals surface area contributed by atoms with E-state index in [1.807, 2.05) is 48.7 Å². The van der Waals surface area contributed by atoms with Crippen molar-refractivity contribution in [3.05, 3.63) is 47.5 Å². The number of nitrogens with one attached hydrogen (secondary N) is 1. The van der Waals surface area contributed by atoms with Crippen LogP contribution >= 0.6 is 11.3 Å². The third-order valence-corrected chi connectivity index (χ3v) is 8.76. The van der Waals surface area contributed by atoms with Gasteiger partial charge in [-0.3, -0.25) is 4.79 Å². The van der Waals surface area contributed by atoms with Gasteiger partial charge < -0.3 is 9.73 Å². The van der Waals surface area contributed by atoms with E-state index in [4.69, 9.17) is 9.40 Å². The molecule has 0 unspecified atom stereocenters. The lowest BCUT2D eigenvalue weighted by molar-refractivity contribution is -0.140. The van der Waals surface area contributed by atoms with Crippen LogP contribution < -0.4 is 5.32 Å². The number of aromatic nitrogens is 3. The smallest absolute Gasteiger partial charge is 0.231 e. The van der Waals surface area contributed by atoms with Crippen molar-refractivity contribution in [2.24, 2.45) is 23.2 Å². The maximum absolute atomic E-state index is 13.6. The highest BCUT2D eigenvalue weighted by atomic mass is 32.1. The Labute approximate surface area is 196 Å². The molecule has 8 rings (SSSR count). The van der Waals surface area contributed by atoms with E-state index in [0.717, 1.165) is 70.3 Å². The van der Waals surface area contributed by atoms with Crippen LogP contribution in [0.1, 0.15) is 44.2 Å². The Morgan fingerprint density at radius 1 is 1.12 bits per heavy atom. The summed E-state index contributed by atoms with van der Waals surface area (Å²) in [7, 11) is 0. The van der Waals surface area contributed by atoms with Crippen LogP contribution in [0.15, 0.2) is 46.2 Å². The van der Waals surface area contributed by atoms with Crippen molar-refractivity contribution in [1.29, 1.82) is 0 Å². The number of para-hydroxylation sites is 1. The second-order valence-electron chi connectivity index (χ2n) is 10.4. The summed E-state index contributed by atoms with van der Waals surface area (Å²) in [5.74, 6) is 3.83. The van der Waals surface area contributed by atoms with Gasteiger partial charge in [0.25, 0.3) is 0 Å². The molecule has 4 aliphatic carbocycles. The van der Waals surface area contributed by atoms with Gasteiger partial charge in [0.05, 0.1) is 11.1 Å². The molecule has 4 fully saturated rings. The molecular weight excluding hydrogens is 432 g/mol. The Kier molecular flexibility index (Phi) is 4.16. The topological polar surface area (TPSA) is 73.0 Å². The monoisotopic (exact) mass is 458 g/mol. The molecule has 4 bridgehead atoms. The van der Waals surface area contributed by atoms with Crippen LogP contribution in [0.25, 0.3) is 27.6 Å². The Balaban J connectivity index is 1.18. The van der Waals surface area contributed by atoms with Gasteiger partial charge >= 0.3 is 0 Å². The quantitative estimate of drug-likeness (QED) is 0.395. The van der Waals surface area contributed by atoms with E-state index >= 15 is 0 Å². The Hall–Kier alpha value is -2.93. The zero-order valence-corrected chi connectivity index (χ0v) is 19.4. The van der Waals surface area contributed by atoms with Crippen LogP contribution in [-0.2, 0) is 4.79 Å². The molecule has 1 N–H and O–H groups in total. The van der Waals surface area contributed by atoms with Gasteiger partial charge in [-0.15, -0.1) is 11.3 Å². The fourth-order valence-electron chi connectivity index (χ4n) is 6.95. The summed E-state index contributed by atoms with van der Waals surface area (Å²) in [6, 6.07) is 11.9. The number of anilines is 1. The van der Waals surface area contributed by atoms with Crippen molar-refractivity contribution < 1.29 is 9.21 Å². The number of rotatable bonds is 4. The maximum atomic E-state index is 13.6. The van der Waals surface area contributed by atoms with Crippen LogP contribution in [0, 0.1) is 30.1 Å². The molecule has 0 spiro atoms. The third kappa shape index (κ3) is 3.16. The largest absolute Gasteiger partial charge is 0.454 e. The average molecular weight is 459 g/mol. The van der Waals surface area contributed by atoms with Gasteiger partial charge in [-0.05, 0) is 75.3 Å². The number of hydrogen-bond acceptors (Lipinski definition) is 5. The average Bonchev–Trinajstić information content (AvgIpc) is 3.50. The number of benzene rings is 1. The fraction of sp³-hybridized carbons (Fsp3) is 0.423. The molecule has 0 atom stereocenters. The number of carbonyl (C=O) groups is 1. The van der Waals surface area contributed by atoms with E-state index in [0.29, 0.717) is 5.82 Å². The van der Waals surface area contributed by atoms with E-state index in [1.54, 1.807) is 4.68 Å². The first-order chi connectivity index (χ1) is 16.0. The Bertz CT molecular complexity index is 1310. The first-order valence-electron chi connectivity index (χ1n) is 11.9. The highest BCUT2D eigenvalue weighted by molar-refractivity contribution is 7.12. The van der Waals surface area contributed by atoms with Gasteiger partial charge in [0.1, 0.15) is 17.1 Å². The molecule has 4 aliphatic rings. The second-order valence-corrected chi connectivity index (χ2v) is 11.2. The summed E-state index contributed by atoms with van der Waals surface area (Å²) >= 11 is 1.50. The molecule has 33 heavy (non-hydrogen) atoms. The molecule has 4 aromatic rings. The molecule has 168 valence electrons. The lowest BCUT2D eigenvalue weighted by Gasteiger charge is -2.55. The number of nitrogens with zero attached hydrogens (tertiary/aromatic N) is 3. The predicted molar refractivity (Wildman–Crippen MR) is 128 cm³/mol. The standard InChI is InChI=1S/C26H26N4O2S/c1-15-6-23(28-24(31)26-11-16-7-17(12-26)9-18(8-16)13-26)30(29-15)25-27-20(14-33-25)22-10-19-4-2-3-5-21(19)32-22/h2-6,10,14,16-18H,7-9,11-13H2,1H3,(H,28,31). The van der Waals surface area contributed by atoms with E-state index in [-0.39, 0.29) is 11.3 Å². The lowest BCUT2D eigenvalue weighted by Crippen LogP contribution is -2.51. The normalized spacial score (nSPS) is 28.0. The van der Waals surface area contributed by atoms with E-state index < -0.39 is 0 Å². The molecule has 3 heterocycles. The van der Waals surface area contributed by atoms with Gasteiger partial charge in [-0.2, -0.15) is 9.78 Å². The molecule has 1 aromatic carbocycles. The van der Waals surface area contributed by atoms with Gasteiger partial charge in [-0.25, -0.2) is 4.98 Å². The van der Waals surface area contributed by atoms with Gasteiger partial charge in [0.15, 0.2) is 5.76 Å². The van der Waals surface area contributed by atoms with Crippen LogP contribution in [0.5, 0.6) is 0 Å². The highest BCUT2D eigenvalue weighted by Gasteiger charge is 2.54. The number of furan rings is 1. The van der Waals surface area contributed by atoms with Gasteiger partial charge in [0, 0.05) is 16.8 Å². The molecule has 0 saturated heterocycles. The minimum Gasteiger partial charge on any atom is -0.454 e. The van der Waals surface area contributed by atoms with Gasteiger partial charge in [0.2, 0.25) is 11.0 Å². The van der Waals surface area contributed by atoms with Crippen molar-refractivity contribution in [2.45, 2.75) is 45.4 Å². The number of hydrogen-bond donors (Lipinski definition) is 1. The lowest BCUT2D eigenvalue weighted by atomic mass is 9.49. The van der Waals surface area contributed by atoms with Crippen molar-refractivity contribution in [2.75, 3.05) is 5.32 Å². The van der Waals surface area contributed by atoms with E-state index in [2.05, 4.69) is 10.4 Å². The number of fused-ring (bicyclic) bond motifs is 1. The van der Waals surface area contributed by atoms with Crippen molar-refractivity contribution in [3.8, 4) is 16.6 Å². The first kappa shape index (κ1) is 19.5. The third-order valence-electron chi connectivity index (χ3n) is 7.94. The summed E-state index contributed by atoms with van der Waals surface area (Å²) in [5.41, 5.74) is 2.29. The molecule has 7 heteroatoms. The van der Waals surface area contributed by atoms with E-state index in [1.165, 1.54) is 30.6 Å². The van der Waals surface area contributed by atoms with Crippen LogP contribution in [0.2, 0.25) is 0 Å². The van der Waals surface area contributed by atoms with Crippen LogP contribution in [0.4, 0.5) is 5.82 Å². The minimum absolute atomic E-state index is 0.178. The molecule has 0 aliphatic heterocycles. The fourth-order valence-corrected chi connectivity index (χ4v) is 7.73. The minimum atomic E-state index is -0.194. The molecule has 0 radical (unpaired) electrons. The van der Waals surface area contributed by atoms with Crippen molar-refractivity contribution in [3.63, 3.8) is 0 Å². The number of aryl methyl sites for hydroxylation is 1. The summed E-state index contributed by atoms with van der Waals surface area (Å²) in [6.07, 6.45) is 7.12. The summed E-state index contributed by atoms with van der Waals surface area (Å²) in [6.45, 7) is 1.95. The zero-order chi connectivity index (χ0) is 22.2. The Morgan fingerprint density at radius 2 is 1.85 bits per heavy atom. The van der Waals surface area contributed by atoms with Gasteiger partial charge in [-0.1, -0.05) is 18.2 Å². The first-order valence-corrected chi connectivity index (χ1v) is 12.8. The second kappa shape index (κ2) is 7.03. The molecule has 6 nitrogen and oxygen atoms in total. The van der Waals surface area contributed by atoms with E-state index in [9.17, 15) is 4.79 Å². The molecular formula is C26H26N4O2S. The zero-order valence-electron chi connectivity index (χ0n) is 18.6. The molecule has 1 amide bonds. The summed E-state index contributed by atoms with van der Waals surface area (Å²) < 4.78 is 7.75. The van der Waals surface area contributed by atoms with Crippen LogP contribution in [-0.4, -0.2) is 20.7 Å². The number of thiazole rings is 1. The van der Waals surface area contributed by atoms with Crippen molar-refractivity contribution in [1.82, 2.24) is 14.8 Å². The number of carbonyl (C=O) groups excluding carboxylic acids is 1. The van der Waals surface area contributed by atoms with Crippen LogP contribution in [0.3, 0.4) is 0 Å². The Morgan fingerprint density at radius 3 is 2.58 bits per heavy atom. The SMILES string of the molecule is Cc1cc(NC(=O)C23CC4CC(CC(C4)C2)C3)n(-c2nc(-c3cc4ccccc4o3)cs2)n1. The predicted octanol–water partition coefficient (Wildman–Crippen LogP) is 6.21. The van der Waals surface area contributed by atoms with Crippen molar-refractivity contribution >= 4 is 34.0 Å². The number of amides is 1. The summed E-state index contributed by atoms with van der Waals surface area (Å²) in [5, 5.41) is 11.7. The molecule has 3 aromatic heterocycles. The highest BCUT2D eigenvalue weighted by Crippen LogP contribution is 2.60. The summed E-state index contributed by atoms with van der Waals surface area (Å²) in [4.78, 5) is 18.4. The maximum Gasteiger partial charge on any atom is 0.231 e.